The average molecular weight is 307 g/mol. The first kappa shape index (κ1) is 18.0. The van der Waals surface area contributed by atoms with E-state index in [0.29, 0.717) is 26.0 Å². The summed E-state index contributed by atoms with van der Waals surface area (Å²) >= 11 is 0. The van der Waals surface area contributed by atoms with Gasteiger partial charge >= 0.3 is 5.97 Å². The van der Waals surface area contributed by atoms with Crippen LogP contribution in [0.2, 0.25) is 0 Å². The van der Waals surface area contributed by atoms with Crippen molar-refractivity contribution in [3.05, 3.63) is 29.8 Å². The van der Waals surface area contributed by atoms with Gasteiger partial charge in [0.1, 0.15) is 5.75 Å². The van der Waals surface area contributed by atoms with Crippen molar-refractivity contribution in [2.24, 2.45) is 0 Å². The number of nitrogens with one attached hydrogen (secondary N) is 1. The molecule has 1 aromatic rings. The van der Waals surface area contributed by atoms with E-state index in [4.69, 9.17) is 9.47 Å². The molecule has 0 atom stereocenters. The second kappa shape index (κ2) is 9.82. The number of aryl methyl sites for hydroxylation is 1. The van der Waals surface area contributed by atoms with Crippen molar-refractivity contribution >= 4 is 11.9 Å². The minimum atomic E-state index is -0.293. The van der Waals surface area contributed by atoms with Crippen LogP contribution in [0.5, 0.6) is 5.75 Å². The zero-order valence-corrected chi connectivity index (χ0v) is 13.6. The van der Waals surface area contributed by atoms with Crippen molar-refractivity contribution in [1.82, 2.24) is 5.32 Å². The number of carbonyl (C=O) groups excluding carboxylic acids is 2. The van der Waals surface area contributed by atoms with Crippen LogP contribution in [0.25, 0.3) is 0 Å². The first-order chi connectivity index (χ1) is 10.5. The fourth-order valence-corrected chi connectivity index (χ4v) is 1.84. The van der Waals surface area contributed by atoms with Gasteiger partial charge in [0, 0.05) is 13.0 Å². The highest BCUT2D eigenvalue weighted by molar-refractivity contribution is 5.77. The third-order valence-corrected chi connectivity index (χ3v) is 2.82. The SMILES string of the molecule is Cc1cccc(OCCCC(=O)NCCC(=O)OC(C)C)c1. The van der Waals surface area contributed by atoms with Crippen molar-refractivity contribution in [2.75, 3.05) is 13.2 Å². The third kappa shape index (κ3) is 8.29. The van der Waals surface area contributed by atoms with E-state index in [1.165, 1.54) is 0 Å². The van der Waals surface area contributed by atoms with E-state index in [2.05, 4.69) is 5.32 Å². The molecule has 0 aliphatic carbocycles. The summed E-state index contributed by atoms with van der Waals surface area (Å²) in [7, 11) is 0. The van der Waals surface area contributed by atoms with Gasteiger partial charge in [0.2, 0.25) is 5.91 Å². The smallest absolute Gasteiger partial charge is 0.307 e. The van der Waals surface area contributed by atoms with Crippen molar-refractivity contribution in [2.45, 2.75) is 46.1 Å². The molecule has 122 valence electrons. The highest BCUT2D eigenvalue weighted by Crippen LogP contribution is 2.12. The Morgan fingerprint density at radius 3 is 2.68 bits per heavy atom. The van der Waals surface area contributed by atoms with Gasteiger partial charge in [-0.05, 0) is 44.9 Å². The predicted molar refractivity (Wildman–Crippen MR) is 84.8 cm³/mol. The number of esters is 1. The van der Waals surface area contributed by atoms with Gasteiger partial charge in [-0.3, -0.25) is 9.59 Å². The number of amides is 1. The monoisotopic (exact) mass is 307 g/mol. The molecule has 22 heavy (non-hydrogen) atoms. The van der Waals surface area contributed by atoms with Crippen LogP contribution in [-0.4, -0.2) is 31.1 Å². The quantitative estimate of drug-likeness (QED) is 0.562. The van der Waals surface area contributed by atoms with E-state index in [1.54, 1.807) is 13.8 Å². The fraction of sp³-hybridized carbons (Fsp3) is 0.529. The number of rotatable bonds is 9. The number of hydrogen-bond donors (Lipinski definition) is 1. The summed E-state index contributed by atoms with van der Waals surface area (Å²) in [5, 5.41) is 2.70. The molecule has 5 heteroatoms. The van der Waals surface area contributed by atoms with Gasteiger partial charge in [0.25, 0.3) is 0 Å². The van der Waals surface area contributed by atoms with Crippen molar-refractivity contribution < 1.29 is 19.1 Å². The van der Waals surface area contributed by atoms with E-state index in [-0.39, 0.29) is 24.4 Å². The van der Waals surface area contributed by atoms with Gasteiger partial charge in [-0.1, -0.05) is 12.1 Å². The Hall–Kier alpha value is -2.04. The number of carbonyl (C=O) groups is 2. The summed E-state index contributed by atoms with van der Waals surface area (Å²) in [5.74, 6) is 0.445. The Bertz CT molecular complexity index is 485. The standard InChI is InChI=1S/C17H25NO4/c1-13(2)22-17(20)9-10-18-16(19)8-5-11-21-15-7-4-6-14(3)12-15/h4,6-7,12-13H,5,8-11H2,1-3H3,(H,18,19). The van der Waals surface area contributed by atoms with E-state index < -0.39 is 0 Å². The van der Waals surface area contributed by atoms with Gasteiger partial charge in [-0.2, -0.15) is 0 Å². The molecule has 0 aromatic heterocycles. The van der Waals surface area contributed by atoms with Crippen molar-refractivity contribution in [1.29, 1.82) is 0 Å². The van der Waals surface area contributed by atoms with E-state index >= 15 is 0 Å². The Kier molecular flexibility index (Phi) is 8.04. The predicted octanol–water partition coefficient (Wildman–Crippen LogP) is 2.61. The largest absolute Gasteiger partial charge is 0.494 e. The zero-order chi connectivity index (χ0) is 16.4. The van der Waals surface area contributed by atoms with E-state index in [1.807, 2.05) is 31.2 Å². The molecule has 0 spiro atoms. The van der Waals surface area contributed by atoms with Crippen LogP contribution in [0.1, 0.15) is 38.7 Å². The Labute approximate surface area is 132 Å². The molecule has 1 rings (SSSR count). The molecule has 5 nitrogen and oxygen atoms in total. The first-order valence-corrected chi connectivity index (χ1v) is 7.63. The molecule has 0 radical (unpaired) electrons. The highest BCUT2D eigenvalue weighted by atomic mass is 16.5. The maximum absolute atomic E-state index is 11.6. The van der Waals surface area contributed by atoms with Gasteiger partial charge < -0.3 is 14.8 Å². The summed E-state index contributed by atoms with van der Waals surface area (Å²) in [5.41, 5.74) is 1.14. The molecule has 0 fully saturated rings. The molecule has 0 saturated heterocycles. The normalized spacial score (nSPS) is 10.4. The molecule has 0 bridgehead atoms. The Morgan fingerprint density at radius 2 is 2.00 bits per heavy atom. The van der Waals surface area contributed by atoms with Crippen molar-refractivity contribution in [3.63, 3.8) is 0 Å². The molecule has 0 heterocycles. The van der Waals surface area contributed by atoms with Crippen molar-refractivity contribution in [3.8, 4) is 5.75 Å². The Morgan fingerprint density at radius 1 is 1.23 bits per heavy atom. The molecular weight excluding hydrogens is 282 g/mol. The lowest BCUT2D eigenvalue weighted by atomic mass is 10.2. The minimum Gasteiger partial charge on any atom is -0.494 e. The second-order valence-corrected chi connectivity index (χ2v) is 5.41. The summed E-state index contributed by atoms with van der Waals surface area (Å²) in [4.78, 5) is 22.9. The maximum Gasteiger partial charge on any atom is 0.307 e. The van der Waals surface area contributed by atoms with Gasteiger partial charge in [-0.25, -0.2) is 0 Å². The molecule has 0 unspecified atom stereocenters. The molecule has 1 amide bonds. The molecule has 1 N–H and O–H groups in total. The van der Waals surface area contributed by atoms with Crippen LogP contribution in [0.3, 0.4) is 0 Å². The minimum absolute atomic E-state index is 0.0785. The summed E-state index contributed by atoms with van der Waals surface area (Å²) in [6.07, 6.45) is 1.09. The topological polar surface area (TPSA) is 64.6 Å². The maximum atomic E-state index is 11.6. The zero-order valence-electron chi connectivity index (χ0n) is 13.6. The van der Waals surface area contributed by atoms with Gasteiger partial charge in [-0.15, -0.1) is 0 Å². The Balaban J connectivity index is 2.07. The van der Waals surface area contributed by atoms with Crippen LogP contribution < -0.4 is 10.1 Å². The van der Waals surface area contributed by atoms with Crippen LogP contribution in [-0.2, 0) is 14.3 Å². The first-order valence-electron chi connectivity index (χ1n) is 7.63. The van der Waals surface area contributed by atoms with Gasteiger partial charge in [0.05, 0.1) is 19.1 Å². The second-order valence-electron chi connectivity index (χ2n) is 5.41. The number of ether oxygens (including phenoxy) is 2. The summed E-state index contributed by atoms with van der Waals surface area (Å²) in [6.45, 7) is 6.40. The molecule has 0 aliphatic heterocycles. The molecule has 0 aliphatic rings. The summed E-state index contributed by atoms with van der Waals surface area (Å²) < 4.78 is 10.5. The average Bonchev–Trinajstić information content (AvgIpc) is 2.43. The van der Waals surface area contributed by atoms with E-state index in [0.717, 1.165) is 11.3 Å². The van der Waals surface area contributed by atoms with Crippen LogP contribution in [0, 0.1) is 6.92 Å². The van der Waals surface area contributed by atoms with E-state index in [9.17, 15) is 9.59 Å². The highest BCUT2D eigenvalue weighted by Gasteiger charge is 2.07. The lowest BCUT2D eigenvalue weighted by Crippen LogP contribution is -2.27. The fourth-order valence-electron chi connectivity index (χ4n) is 1.84. The van der Waals surface area contributed by atoms with Crippen LogP contribution >= 0.6 is 0 Å². The number of hydrogen-bond acceptors (Lipinski definition) is 4. The molecule has 1 aromatic carbocycles. The summed E-state index contributed by atoms with van der Waals surface area (Å²) in [6, 6.07) is 7.80. The lowest BCUT2D eigenvalue weighted by molar-refractivity contribution is -0.147. The molecular formula is C17H25NO4. The molecule has 0 saturated carbocycles. The third-order valence-electron chi connectivity index (χ3n) is 2.82. The lowest BCUT2D eigenvalue weighted by Gasteiger charge is -2.09. The van der Waals surface area contributed by atoms with Crippen LogP contribution in [0.15, 0.2) is 24.3 Å². The van der Waals surface area contributed by atoms with Gasteiger partial charge in [0.15, 0.2) is 0 Å². The number of benzene rings is 1. The van der Waals surface area contributed by atoms with Crippen LogP contribution in [0.4, 0.5) is 0 Å².